The summed E-state index contributed by atoms with van der Waals surface area (Å²) in [5.41, 5.74) is 0.791. The van der Waals surface area contributed by atoms with Gasteiger partial charge in [-0.05, 0) is 19.1 Å². The second-order valence-corrected chi connectivity index (χ2v) is 4.57. The summed E-state index contributed by atoms with van der Waals surface area (Å²) in [4.78, 5) is 11.9. The van der Waals surface area contributed by atoms with Gasteiger partial charge >= 0.3 is 0 Å². The van der Waals surface area contributed by atoms with Crippen LogP contribution < -0.4 is 10.6 Å². The van der Waals surface area contributed by atoms with E-state index in [-0.39, 0.29) is 17.9 Å². The Bertz CT molecular complexity index is 575. The molecule has 1 aliphatic heterocycles. The molecule has 2 N–H and O–H groups in total. The molecular formula is C12H15N5O. The van der Waals surface area contributed by atoms with E-state index in [1.165, 1.54) is 0 Å². The standard InChI is InChI=1S/C12H15N5O/c1-8(14-12(18)9-6-13-7-9)11-16-15-10-4-2-3-5-17(10)11/h2-5,8-9,13H,6-7H2,1H3,(H,14,18). The normalized spacial score (nSPS) is 17.4. The first-order valence-corrected chi connectivity index (χ1v) is 6.06. The van der Waals surface area contributed by atoms with Gasteiger partial charge in [-0.1, -0.05) is 6.07 Å². The van der Waals surface area contributed by atoms with Gasteiger partial charge in [-0.2, -0.15) is 0 Å². The van der Waals surface area contributed by atoms with Crippen molar-refractivity contribution in [1.29, 1.82) is 0 Å². The van der Waals surface area contributed by atoms with Crippen LogP contribution in [-0.4, -0.2) is 33.6 Å². The molecule has 3 rings (SSSR count). The topological polar surface area (TPSA) is 71.3 Å². The van der Waals surface area contributed by atoms with Gasteiger partial charge in [-0.25, -0.2) is 0 Å². The molecule has 1 atom stereocenters. The molecule has 1 aliphatic rings. The minimum Gasteiger partial charge on any atom is -0.346 e. The van der Waals surface area contributed by atoms with E-state index in [1.807, 2.05) is 35.7 Å². The highest BCUT2D eigenvalue weighted by Crippen LogP contribution is 2.13. The van der Waals surface area contributed by atoms with Crippen LogP contribution in [0.3, 0.4) is 0 Å². The van der Waals surface area contributed by atoms with Gasteiger partial charge < -0.3 is 10.6 Å². The molecule has 3 heterocycles. The maximum Gasteiger partial charge on any atom is 0.226 e. The number of hydrogen-bond acceptors (Lipinski definition) is 4. The Morgan fingerprint density at radius 2 is 2.33 bits per heavy atom. The van der Waals surface area contributed by atoms with Gasteiger partial charge in [0.1, 0.15) is 0 Å². The SMILES string of the molecule is CC(NC(=O)C1CNC1)c1nnc2ccccn12. The number of rotatable bonds is 3. The van der Waals surface area contributed by atoms with Gasteiger partial charge in [0.15, 0.2) is 11.5 Å². The quantitative estimate of drug-likeness (QED) is 0.806. The van der Waals surface area contributed by atoms with Gasteiger partial charge in [0.2, 0.25) is 5.91 Å². The van der Waals surface area contributed by atoms with Crippen LogP contribution in [0.1, 0.15) is 18.8 Å². The average Bonchev–Trinajstić information content (AvgIpc) is 2.69. The summed E-state index contributed by atoms with van der Waals surface area (Å²) in [5.74, 6) is 0.923. The van der Waals surface area contributed by atoms with Gasteiger partial charge in [-0.3, -0.25) is 9.20 Å². The highest BCUT2D eigenvalue weighted by atomic mass is 16.2. The highest BCUT2D eigenvalue weighted by molar-refractivity contribution is 5.80. The number of aromatic nitrogens is 3. The number of nitrogens with one attached hydrogen (secondary N) is 2. The summed E-state index contributed by atoms with van der Waals surface area (Å²) in [6.07, 6.45) is 1.90. The number of hydrogen-bond donors (Lipinski definition) is 2. The lowest BCUT2D eigenvalue weighted by Gasteiger charge is -2.27. The van der Waals surface area contributed by atoms with E-state index in [0.717, 1.165) is 24.6 Å². The molecule has 6 nitrogen and oxygen atoms in total. The largest absolute Gasteiger partial charge is 0.346 e. The molecule has 1 fully saturated rings. The van der Waals surface area contributed by atoms with Crippen molar-refractivity contribution in [2.75, 3.05) is 13.1 Å². The van der Waals surface area contributed by atoms with Gasteiger partial charge in [0.25, 0.3) is 0 Å². The molecule has 2 aromatic heterocycles. The summed E-state index contributed by atoms with van der Waals surface area (Å²) in [6.45, 7) is 3.45. The molecular weight excluding hydrogens is 230 g/mol. The molecule has 6 heteroatoms. The van der Waals surface area contributed by atoms with Crippen molar-refractivity contribution in [3.05, 3.63) is 30.2 Å². The molecule has 18 heavy (non-hydrogen) atoms. The molecule has 0 radical (unpaired) electrons. The van der Waals surface area contributed by atoms with E-state index in [9.17, 15) is 4.79 Å². The number of pyridine rings is 1. The highest BCUT2D eigenvalue weighted by Gasteiger charge is 2.26. The Kier molecular flexibility index (Phi) is 2.71. The van der Waals surface area contributed by atoms with Crippen molar-refractivity contribution in [2.24, 2.45) is 5.92 Å². The van der Waals surface area contributed by atoms with Crippen LogP contribution in [0.4, 0.5) is 0 Å². The molecule has 1 unspecified atom stereocenters. The number of carbonyl (C=O) groups is 1. The predicted molar refractivity (Wildman–Crippen MR) is 65.9 cm³/mol. The number of carbonyl (C=O) groups excluding carboxylic acids is 1. The number of fused-ring (bicyclic) bond motifs is 1. The summed E-state index contributed by atoms with van der Waals surface area (Å²) in [6, 6.07) is 5.58. The van der Waals surface area contributed by atoms with Gasteiger partial charge in [0, 0.05) is 19.3 Å². The minimum atomic E-state index is -0.143. The second-order valence-electron chi connectivity index (χ2n) is 4.57. The summed E-state index contributed by atoms with van der Waals surface area (Å²) in [5, 5.41) is 14.3. The Hall–Kier alpha value is -1.95. The molecule has 2 aromatic rings. The second kappa shape index (κ2) is 4.38. The van der Waals surface area contributed by atoms with Crippen LogP contribution in [0, 0.1) is 5.92 Å². The summed E-state index contributed by atoms with van der Waals surface area (Å²) >= 11 is 0. The van der Waals surface area contributed by atoms with Crippen molar-refractivity contribution in [2.45, 2.75) is 13.0 Å². The van der Waals surface area contributed by atoms with Crippen LogP contribution in [0.15, 0.2) is 24.4 Å². The Morgan fingerprint density at radius 1 is 1.50 bits per heavy atom. The maximum atomic E-state index is 11.9. The monoisotopic (exact) mass is 245 g/mol. The Balaban J connectivity index is 1.79. The molecule has 0 bridgehead atoms. The van der Waals surface area contributed by atoms with Crippen LogP contribution in [0.25, 0.3) is 5.65 Å². The van der Waals surface area contributed by atoms with Gasteiger partial charge in [0.05, 0.1) is 12.0 Å². The first kappa shape index (κ1) is 11.2. The predicted octanol–water partition coefficient (Wildman–Crippen LogP) is 0.126. The zero-order valence-electron chi connectivity index (χ0n) is 10.1. The fourth-order valence-electron chi connectivity index (χ4n) is 2.03. The lowest BCUT2D eigenvalue weighted by molar-refractivity contribution is -0.127. The van der Waals surface area contributed by atoms with Crippen LogP contribution in [0.5, 0.6) is 0 Å². The molecule has 94 valence electrons. The lowest BCUT2D eigenvalue weighted by Crippen LogP contribution is -2.51. The average molecular weight is 245 g/mol. The smallest absolute Gasteiger partial charge is 0.226 e. The molecule has 0 saturated carbocycles. The number of amides is 1. The molecule has 0 aliphatic carbocycles. The fourth-order valence-corrected chi connectivity index (χ4v) is 2.03. The van der Waals surface area contributed by atoms with Crippen molar-refractivity contribution >= 4 is 11.6 Å². The van der Waals surface area contributed by atoms with Crippen LogP contribution in [0.2, 0.25) is 0 Å². The van der Waals surface area contributed by atoms with Crippen LogP contribution in [-0.2, 0) is 4.79 Å². The maximum absolute atomic E-state index is 11.9. The third-order valence-electron chi connectivity index (χ3n) is 3.24. The van der Waals surface area contributed by atoms with Crippen molar-refractivity contribution in [3.8, 4) is 0 Å². The van der Waals surface area contributed by atoms with E-state index in [2.05, 4.69) is 20.8 Å². The van der Waals surface area contributed by atoms with E-state index in [4.69, 9.17) is 0 Å². The van der Waals surface area contributed by atoms with E-state index < -0.39 is 0 Å². The van der Waals surface area contributed by atoms with E-state index >= 15 is 0 Å². The first-order valence-electron chi connectivity index (χ1n) is 6.06. The fraction of sp³-hybridized carbons (Fsp3) is 0.417. The molecule has 1 amide bonds. The summed E-state index contributed by atoms with van der Waals surface area (Å²) < 4.78 is 1.89. The van der Waals surface area contributed by atoms with E-state index in [1.54, 1.807) is 0 Å². The Morgan fingerprint density at radius 3 is 3.06 bits per heavy atom. The summed E-state index contributed by atoms with van der Waals surface area (Å²) in [7, 11) is 0. The van der Waals surface area contributed by atoms with Gasteiger partial charge in [-0.15, -0.1) is 10.2 Å². The zero-order valence-corrected chi connectivity index (χ0v) is 10.1. The number of nitrogens with zero attached hydrogens (tertiary/aromatic N) is 3. The minimum absolute atomic E-state index is 0.0777. The lowest BCUT2D eigenvalue weighted by atomic mass is 10.0. The molecule has 0 aromatic carbocycles. The zero-order chi connectivity index (χ0) is 12.5. The van der Waals surface area contributed by atoms with Crippen molar-refractivity contribution in [1.82, 2.24) is 25.2 Å². The van der Waals surface area contributed by atoms with Crippen LogP contribution >= 0.6 is 0 Å². The third kappa shape index (κ3) is 1.84. The molecule has 0 spiro atoms. The Labute approximate surface area is 104 Å². The van der Waals surface area contributed by atoms with E-state index in [0.29, 0.717) is 0 Å². The van der Waals surface area contributed by atoms with Crippen molar-refractivity contribution in [3.63, 3.8) is 0 Å². The first-order chi connectivity index (χ1) is 8.75. The molecule has 1 saturated heterocycles. The van der Waals surface area contributed by atoms with Crippen molar-refractivity contribution < 1.29 is 4.79 Å². The third-order valence-corrected chi connectivity index (χ3v) is 3.24.